The Labute approximate surface area is 125 Å². The van der Waals surface area contributed by atoms with Gasteiger partial charge in [0.2, 0.25) is 0 Å². The average molecular weight is 292 g/mol. The number of hydrogen-bond acceptors (Lipinski definition) is 4. The zero-order valence-electron chi connectivity index (χ0n) is 12.8. The van der Waals surface area contributed by atoms with Crippen molar-refractivity contribution >= 4 is 11.3 Å². The van der Waals surface area contributed by atoms with Gasteiger partial charge >= 0.3 is 0 Å². The van der Waals surface area contributed by atoms with E-state index >= 15 is 0 Å². The zero-order valence-corrected chi connectivity index (χ0v) is 13.6. The van der Waals surface area contributed by atoms with E-state index in [0.29, 0.717) is 11.6 Å². The molecule has 0 spiro atoms. The lowest BCUT2D eigenvalue weighted by atomic mass is 9.67. The highest BCUT2D eigenvalue weighted by Gasteiger charge is 2.43. The lowest BCUT2D eigenvalue weighted by Crippen LogP contribution is -2.33. The standard InChI is InChI=1S/C16H24N2OS/c1-11-6-5-7-16(8-11,10-17)13(19)12-9-20-14(18-12)15(2,3)4/h9,11,13,19H,5-8H2,1-4H3. The molecule has 0 bridgehead atoms. The topological polar surface area (TPSA) is 56.9 Å². The fraction of sp³-hybridized carbons (Fsp3) is 0.750. The molecule has 1 aliphatic carbocycles. The minimum absolute atomic E-state index is 0.0116. The number of aliphatic hydroxyl groups is 1. The van der Waals surface area contributed by atoms with Crippen molar-refractivity contribution in [1.29, 1.82) is 5.26 Å². The van der Waals surface area contributed by atoms with Crippen LogP contribution in [0.25, 0.3) is 0 Å². The van der Waals surface area contributed by atoms with Crippen LogP contribution in [0.15, 0.2) is 5.38 Å². The largest absolute Gasteiger partial charge is 0.385 e. The molecule has 0 saturated heterocycles. The van der Waals surface area contributed by atoms with Crippen molar-refractivity contribution in [3.8, 4) is 6.07 Å². The van der Waals surface area contributed by atoms with Gasteiger partial charge in [-0.15, -0.1) is 11.3 Å². The summed E-state index contributed by atoms with van der Waals surface area (Å²) in [6, 6.07) is 2.41. The summed E-state index contributed by atoms with van der Waals surface area (Å²) in [6.45, 7) is 8.51. The van der Waals surface area contributed by atoms with Gasteiger partial charge in [-0.05, 0) is 18.8 Å². The Balaban J connectivity index is 2.27. The minimum Gasteiger partial charge on any atom is -0.385 e. The second-order valence-electron chi connectivity index (χ2n) is 7.20. The first kappa shape index (κ1) is 15.5. The van der Waals surface area contributed by atoms with Gasteiger partial charge in [0.1, 0.15) is 6.10 Å². The Morgan fingerprint density at radius 2 is 2.25 bits per heavy atom. The van der Waals surface area contributed by atoms with E-state index < -0.39 is 11.5 Å². The maximum Gasteiger partial charge on any atom is 0.115 e. The summed E-state index contributed by atoms with van der Waals surface area (Å²) in [4.78, 5) is 4.59. The fourth-order valence-corrected chi connectivity index (χ4v) is 3.97. The van der Waals surface area contributed by atoms with Crippen LogP contribution in [-0.2, 0) is 5.41 Å². The van der Waals surface area contributed by atoms with Crippen molar-refractivity contribution in [3.05, 3.63) is 16.1 Å². The first-order valence-electron chi connectivity index (χ1n) is 7.34. The van der Waals surface area contributed by atoms with Gasteiger partial charge in [0.05, 0.1) is 22.2 Å². The van der Waals surface area contributed by atoms with Crippen molar-refractivity contribution in [2.45, 2.75) is 64.9 Å². The highest BCUT2D eigenvalue weighted by atomic mass is 32.1. The van der Waals surface area contributed by atoms with Crippen LogP contribution in [0.1, 0.15) is 70.2 Å². The molecule has 0 amide bonds. The third-order valence-electron chi connectivity index (χ3n) is 4.22. The summed E-state index contributed by atoms with van der Waals surface area (Å²) in [6.07, 6.45) is 2.95. The molecule has 1 saturated carbocycles. The summed E-state index contributed by atoms with van der Waals surface area (Å²) < 4.78 is 0. The molecule has 20 heavy (non-hydrogen) atoms. The predicted octanol–water partition coefficient (Wildman–Crippen LogP) is 4.19. The number of aromatic nitrogens is 1. The summed E-state index contributed by atoms with van der Waals surface area (Å²) in [7, 11) is 0. The van der Waals surface area contributed by atoms with Gasteiger partial charge in [-0.25, -0.2) is 4.98 Å². The molecular weight excluding hydrogens is 268 g/mol. The molecule has 1 heterocycles. The lowest BCUT2D eigenvalue weighted by Gasteiger charge is -2.37. The van der Waals surface area contributed by atoms with Gasteiger partial charge in [0.15, 0.2) is 0 Å². The van der Waals surface area contributed by atoms with Crippen molar-refractivity contribution in [3.63, 3.8) is 0 Å². The van der Waals surface area contributed by atoms with Crippen molar-refractivity contribution < 1.29 is 5.11 Å². The van der Waals surface area contributed by atoms with E-state index in [1.54, 1.807) is 11.3 Å². The summed E-state index contributed by atoms with van der Waals surface area (Å²) >= 11 is 1.58. The van der Waals surface area contributed by atoms with Gasteiger partial charge in [-0.3, -0.25) is 0 Å². The van der Waals surface area contributed by atoms with E-state index in [1.807, 2.05) is 5.38 Å². The molecular formula is C16H24N2OS. The van der Waals surface area contributed by atoms with Crippen LogP contribution < -0.4 is 0 Å². The second-order valence-corrected chi connectivity index (χ2v) is 8.06. The molecule has 1 fully saturated rings. The molecule has 1 N–H and O–H groups in total. The SMILES string of the molecule is CC1CCCC(C#N)(C(O)c2csc(C(C)(C)C)n2)C1. The third kappa shape index (κ3) is 2.89. The van der Waals surface area contributed by atoms with Crippen molar-refractivity contribution in [2.75, 3.05) is 0 Å². The highest BCUT2D eigenvalue weighted by molar-refractivity contribution is 7.09. The molecule has 3 atom stereocenters. The van der Waals surface area contributed by atoms with Gasteiger partial charge in [-0.2, -0.15) is 5.26 Å². The van der Waals surface area contributed by atoms with Gasteiger partial charge in [-0.1, -0.05) is 40.5 Å². The smallest absolute Gasteiger partial charge is 0.115 e. The number of nitrogens with zero attached hydrogens (tertiary/aromatic N) is 2. The molecule has 1 aromatic rings. The van der Waals surface area contributed by atoms with Crippen LogP contribution in [0.3, 0.4) is 0 Å². The van der Waals surface area contributed by atoms with Gasteiger partial charge < -0.3 is 5.11 Å². The van der Waals surface area contributed by atoms with Crippen LogP contribution in [0.2, 0.25) is 0 Å². The Kier molecular flexibility index (Phi) is 4.22. The number of aliphatic hydroxyl groups excluding tert-OH is 1. The van der Waals surface area contributed by atoms with E-state index in [4.69, 9.17) is 0 Å². The molecule has 0 radical (unpaired) electrons. The van der Waals surface area contributed by atoms with Crippen LogP contribution in [0.4, 0.5) is 0 Å². The zero-order chi connectivity index (χ0) is 15.0. The van der Waals surface area contributed by atoms with E-state index in [9.17, 15) is 10.4 Å². The van der Waals surface area contributed by atoms with Crippen LogP contribution in [0.5, 0.6) is 0 Å². The van der Waals surface area contributed by atoms with E-state index in [0.717, 1.165) is 30.7 Å². The lowest BCUT2D eigenvalue weighted by molar-refractivity contribution is 0.0192. The van der Waals surface area contributed by atoms with Crippen LogP contribution >= 0.6 is 11.3 Å². The molecule has 0 aromatic carbocycles. The third-order valence-corrected chi connectivity index (χ3v) is 5.51. The molecule has 0 aliphatic heterocycles. The molecule has 1 aliphatic rings. The normalized spacial score (nSPS) is 28.9. The number of rotatable bonds is 2. The fourth-order valence-electron chi connectivity index (χ4n) is 3.04. The van der Waals surface area contributed by atoms with E-state index in [1.165, 1.54) is 0 Å². The maximum atomic E-state index is 10.7. The molecule has 2 rings (SSSR count). The van der Waals surface area contributed by atoms with E-state index in [-0.39, 0.29) is 5.41 Å². The molecule has 1 aromatic heterocycles. The molecule has 4 heteroatoms. The van der Waals surface area contributed by atoms with Crippen LogP contribution in [-0.4, -0.2) is 10.1 Å². The summed E-state index contributed by atoms with van der Waals surface area (Å²) in [5, 5.41) is 23.3. The Hall–Kier alpha value is -0.920. The molecule has 110 valence electrons. The monoisotopic (exact) mass is 292 g/mol. The number of hydrogen-bond donors (Lipinski definition) is 1. The van der Waals surface area contributed by atoms with Crippen LogP contribution in [0, 0.1) is 22.7 Å². The Morgan fingerprint density at radius 1 is 1.55 bits per heavy atom. The number of nitriles is 1. The average Bonchev–Trinajstić information content (AvgIpc) is 2.87. The van der Waals surface area contributed by atoms with E-state index in [2.05, 4.69) is 38.7 Å². The highest BCUT2D eigenvalue weighted by Crippen LogP contribution is 2.47. The van der Waals surface area contributed by atoms with Crippen molar-refractivity contribution in [1.82, 2.24) is 4.98 Å². The van der Waals surface area contributed by atoms with Gasteiger partial charge in [0.25, 0.3) is 0 Å². The first-order chi connectivity index (χ1) is 9.28. The Morgan fingerprint density at radius 3 is 2.75 bits per heavy atom. The summed E-state index contributed by atoms with van der Waals surface area (Å²) in [5.74, 6) is 0.499. The maximum absolute atomic E-state index is 10.7. The molecule has 3 unspecified atom stereocenters. The predicted molar refractivity (Wildman–Crippen MR) is 81.5 cm³/mol. The summed E-state index contributed by atoms with van der Waals surface area (Å²) in [5.41, 5.74) is 0.0130. The van der Waals surface area contributed by atoms with Gasteiger partial charge in [0, 0.05) is 10.8 Å². The number of thiazole rings is 1. The minimum atomic E-state index is -0.761. The quantitative estimate of drug-likeness (QED) is 0.889. The first-order valence-corrected chi connectivity index (χ1v) is 8.22. The Bertz CT molecular complexity index is 511. The van der Waals surface area contributed by atoms with Crippen molar-refractivity contribution in [2.24, 2.45) is 11.3 Å². The molecule has 3 nitrogen and oxygen atoms in total. The second kappa shape index (κ2) is 5.46.